The lowest BCUT2D eigenvalue weighted by Crippen LogP contribution is -2.06. The molecule has 3 aromatic heterocycles. The van der Waals surface area contributed by atoms with E-state index < -0.39 is 0 Å². The first kappa shape index (κ1) is 15.3. The minimum absolute atomic E-state index is 0.00836. The molecule has 3 heterocycles. The van der Waals surface area contributed by atoms with Crippen molar-refractivity contribution in [2.75, 3.05) is 0 Å². The van der Waals surface area contributed by atoms with E-state index in [4.69, 9.17) is 4.98 Å². The molecule has 0 bridgehead atoms. The minimum atomic E-state index is -0.00836. The van der Waals surface area contributed by atoms with Gasteiger partial charge >= 0.3 is 0 Å². The van der Waals surface area contributed by atoms with Crippen LogP contribution in [0.3, 0.4) is 0 Å². The number of hydrogen-bond donors (Lipinski definition) is 1. The van der Waals surface area contributed by atoms with E-state index in [9.17, 15) is 5.11 Å². The van der Waals surface area contributed by atoms with E-state index in [0.29, 0.717) is 5.92 Å². The van der Waals surface area contributed by atoms with Crippen LogP contribution in [-0.4, -0.2) is 24.9 Å². The molecule has 5 heteroatoms. The number of aliphatic hydroxyl groups excluding tert-OH is 1. The maximum absolute atomic E-state index is 10.1. The van der Waals surface area contributed by atoms with Crippen molar-refractivity contribution in [1.29, 1.82) is 0 Å². The number of fused-ring (bicyclic) bond motifs is 1. The van der Waals surface area contributed by atoms with Crippen LogP contribution in [0.5, 0.6) is 0 Å². The van der Waals surface area contributed by atoms with Gasteiger partial charge in [0.05, 0.1) is 12.8 Å². The van der Waals surface area contributed by atoms with Crippen molar-refractivity contribution in [2.24, 2.45) is 5.92 Å². The summed E-state index contributed by atoms with van der Waals surface area (Å²) in [5.41, 5.74) is 6.01. The lowest BCUT2D eigenvalue weighted by molar-refractivity contribution is 0.280. The molecule has 5 nitrogen and oxygen atoms in total. The second kappa shape index (κ2) is 5.98. The van der Waals surface area contributed by atoms with Gasteiger partial charge in [0, 0.05) is 46.7 Å². The number of rotatable bonds is 5. The molecule has 1 aliphatic carbocycles. The van der Waals surface area contributed by atoms with Crippen LogP contribution in [0.4, 0.5) is 0 Å². The monoisotopic (exact) mass is 322 g/mol. The number of aliphatic hydroxyl groups is 1. The summed E-state index contributed by atoms with van der Waals surface area (Å²) >= 11 is 0. The summed E-state index contributed by atoms with van der Waals surface area (Å²) in [6, 6.07) is 2.12. The fraction of sp³-hybridized carbons (Fsp3) is 0.421. The molecule has 4 rings (SSSR count). The molecule has 1 fully saturated rings. The third-order valence-electron chi connectivity index (χ3n) is 4.77. The quantitative estimate of drug-likeness (QED) is 0.783. The lowest BCUT2D eigenvalue weighted by atomic mass is 9.95. The van der Waals surface area contributed by atoms with Crippen LogP contribution in [0.15, 0.2) is 24.7 Å². The summed E-state index contributed by atoms with van der Waals surface area (Å²) in [7, 11) is 0. The summed E-state index contributed by atoms with van der Waals surface area (Å²) in [5, 5.41) is 15.6. The first-order valence-electron chi connectivity index (χ1n) is 8.61. The highest BCUT2D eigenvalue weighted by Gasteiger charge is 2.26. The normalized spacial score (nSPS) is 14.5. The topological polar surface area (TPSA) is 63.8 Å². The Bertz CT molecular complexity index is 896. The molecule has 0 unspecified atom stereocenters. The van der Waals surface area contributed by atoms with Crippen molar-refractivity contribution in [3.63, 3.8) is 0 Å². The SMILES string of the molecule is CCn1ncc2c(-c3cncc(C)c3)c(CO)c(CC3CC3)nc21. The second-order valence-corrected chi connectivity index (χ2v) is 6.67. The fourth-order valence-electron chi connectivity index (χ4n) is 3.36. The molecule has 24 heavy (non-hydrogen) atoms. The van der Waals surface area contributed by atoms with Crippen molar-refractivity contribution in [3.05, 3.63) is 41.5 Å². The van der Waals surface area contributed by atoms with Crippen LogP contribution in [0.1, 0.15) is 36.6 Å². The second-order valence-electron chi connectivity index (χ2n) is 6.67. The zero-order valence-corrected chi connectivity index (χ0v) is 14.2. The number of aryl methyl sites for hydroxylation is 2. The van der Waals surface area contributed by atoms with Gasteiger partial charge < -0.3 is 5.11 Å². The third kappa shape index (κ3) is 2.59. The van der Waals surface area contributed by atoms with E-state index in [2.05, 4.69) is 23.1 Å². The largest absolute Gasteiger partial charge is 0.392 e. The molecule has 3 aromatic rings. The Morgan fingerprint density at radius 2 is 2.08 bits per heavy atom. The van der Waals surface area contributed by atoms with Gasteiger partial charge in [0.15, 0.2) is 5.65 Å². The molecule has 0 radical (unpaired) electrons. The van der Waals surface area contributed by atoms with Crippen molar-refractivity contribution in [1.82, 2.24) is 19.7 Å². The molecule has 1 saturated carbocycles. The summed E-state index contributed by atoms with van der Waals surface area (Å²) in [6.07, 6.45) is 9.04. The van der Waals surface area contributed by atoms with Crippen molar-refractivity contribution < 1.29 is 5.11 Å². The highest BCUT2D eigenvalue weighted by atomic mass is 16.3. The molecule has 0 atom stereocenters. The average molecular weight is 322 g/mol. The van der Waals surface area contributed by atoms with Gasteiger partial charge in [0.2, 0.25) is 0 Å². The molecular weight excluding hydrogens is 300 g/mol. The molecule has 0 aliphatic heterocycles. The molecule has 0 spiro atoms. The van der Waals surface area contributed by atoms with Gasteiger partial charge in [-0.05, 0) is 50.7 Å². The van der Waals surface area contributed by atoms with Crippen LogP contribution in [-0.2, 0) is 19.6 Å². The smallest absolute Gasteiger partial charge is 0.158 e. The van der Waals surface area contributed by atoms with E-state index in [0.717, 1.165) is 51.9 Å². The van der Waals surface area contributed by atoms with Gasteiger partial charge in [-0.2, -0.15) is 5.10 Å². The zero-order valence-electron chi connectivity index (χ0n) is 14.2. The minimum Gasteiger partial charge on any atom is -0.392 e. The average Bonchev–Trinajstić information content (AvgIpc) is 3.31. The molecule has 0 aromatic carbocycles. The first-order chi connectivity index (χ1) is 11.7. The molecule has 0 amide bonds. The van der Waals surface area contributed by atoms with Crippen LogP contribution >= 0.6 is 0 Å². The number of nitrogens with zero attached hydrogens (tertiary/aromatic N) is 4. The predicted octanol–water partition coefficient (Wildman–Crippen LogP) is 3.27. The standard InChI is InChI=1S/C19H22N4O/c1-3-23-19-15(10-21-23)18(14-6-12(2)8-20-9-14)16(11-24)17(22-19)7-13-4-5-13/h6,8-10,13,24H,3-5,7,11H2,1-2H3. The number of hydrogen-bond acceptors (Lipinski definition) is 4. The first-order valence-corrected chi connectivity index (χ1v) is 8.61. The summed E-state index contributed by atoms with van der Waals surface area (Å²) in [5.74, 6) is 0.710. The van der Waals surface area contributed by atoms with Crippen LogP contribution < -0.4 is 0 Å². The van der Waals surface area contributed by atoms with Gasteiger partial charge in [-0.15, -0.1) is 0 Å². The van der Waals surface area contributed by atoms with E-state index in [1.807, 2.05) is 30.2 Å². The Morgan fingerprint density at radius 3 is 2.75 bits per heavy atom. The maximum atomic E-state index is 10.1. The molecule has 0 saturated heterocycles. The Kier molecular flexibility index (Phi) is 3.81. The highest BCUT2D eigenvalue weighted by molar-refractivity contribution is 5.94. The van der Waals surface area contributed by atoms with E-state index in [1.165, 1.54) is 12.8 Å². The van der Waals surface area contributed by atoms with E-state index in [1.54, 1.807) is 0 Å². The third-order valence-corrected chi connectivity index (χ3v) is 4.77. The zero-order chi connectivity index (χ0) is 16.7. The Labute approximate surface area is 141 Å². The van der Waals surface area contributed by atoms with Gasteiger partial charge in [-0.1, -0.05) is 0 Å². The number of aromatic nitrogens is 4. The molecular formula is C19H22N4O. The Balaban J connectivity index is 2.02. The summed E-state index contributed by atoms with van der Waals surface area (Å²) < 4.78 is 1.93. The Hall–Kier alpha value is -2.27. The highest BCUT2D eigenvalue weighted by Crippen LogP contribution is 2.38. The lowest BCUT2D eigenvalue weighted by Gasteiger charge is -2.15. The predicted molar refractivity (Wildman–Crippen MR) is 93.5 cm³/mol. The van der Waals surface area contributed by atoms with Crippen molar-refractivity contribution in [2.45, 2.75) is 46.3 Å². The van der Waals surface area contributed by atoms with E-state index in [-0.39, 0.29) is 6.61 Å². The maximum Gasteiger partial charge on any atom is 0.158 e. The summed E-state index contributed by atoms with van der Waals surface area (Å²) in [4.78, 5) is 9.23. The van der Waals surface area contributed by atoms with Crippen molar-refractivity contribution >= 4 is 11.0 Å². The summed E-state index contributed by atoms with van der Waals surface area (Å²) in [6.45, 7) is 4.88. The molecule has 1 aliphatic rings. The van der Waals surface area contributed by atoms with Crippen molar-refractivity contribution in [3.8, 4) is 11.1 Å². The van der Waals surface area contributed by atoms with Crippen LogP contribution in [0.25, 0.3) is 22.2 Å². The number of pyridine rings is 2. The molecule has 124 valence electrons. The van der Waals surface area contributed by atoms with Crippen LogP contribution in [0.2, 0.25) is 0 Å². The van der Waals surface area contributed by atoms with Crippen LogP contribution in [0, 0.1) is 12.8 Å². The van der Waals surface area contributed by atoms with Gasteiger partial charge in [-0.3, -0.25) is 4.98 Å². The van der Waals surface area contributed by atoms with E-state index >= 15 is 0 Å². The van der Waals surface area contributed by atoms with Gasteiger partial charge in [0.25, 0.3) is 0 Å². The van der Waals surface area contributed by atoms with Gasteiger partial charge in [0.1, 0.15) is 0 Å². The molecule has 1 N–H and O–H groups in total. The Morgan fingerprint density at radius 1 is 1.25 bits per heavy atom. The van der Waals surface area contributed by atoms with Gasteiger partial charge in [-0.25, -0.2) is 9.67 Å². The fourth-order valence-corrected chi connectivity index (χ4v) is 3.36.